The molecule has 2 aromatic carbocycles. The zero-order valence-electron chi connectivity index (χ0n) is 8.84. The van der Waals surface area contributed by atoms with Crippen molar-refractivity contribution in [2.75, 3.05) is 0 Å². The molecular formula is C13H10INO2. The van der Waals surface area contributed by atoms with Crippen molar-refractivity contribution in [1.29, 1.82) is 0 Å². The molecule has 0 aliphatic rings. The van der Waals surface area contributed by atoms with Gasteiger partial charge in [-0.05, 0) is 40.8 Å². The molecule has 0 aromatic heterocycles. The third-order valence-corrected chi connectivity index (χ3v) is 3.03. The maximum Gasteiger partial charge on any atom is 0.126 e. The second-order valence-electron chi connectivity index (χ2n) is 3.48. The van der Waals surface area contributed by atoms with Gasteiger partial charge in [0.25, 0.3) is 0 Å². The van der Waals surface area contributed by atoms with Gasteiger partial charge < -0.3 is 10.3 Å². The van der Waals surface area contributed by atoms with E-state index in [1.54, 1.807) is 12.1 Å². The fraction of sp³-hybridized carbons (Fsp3) is 0. The average Bonchev–Trinajstić information content (AvgIpc) is 2.34. The van der Waals surface area contributed by atoms with Crippen molar-refractivity contribution in [2.24, 2.45) is 5.16 Å². The molecule has 86 valence electrons. The molecule has 2 N–H and O–H groups in total. The normalized spacial score (nSPS) is 11.5. The van der Waals surface area contributed by atoms with E-state index in [1.165, 1.54) is 0 Å². The molecule has 0 atom stereocenters. The number of halogens is 1. The minimum atomic E-state index is 0.105. The van der Waals surface area contributed by atoms with Gasteiger partial charge in [0, 0.05) is 14.7 Å². The average molecular weight is 339 g/mol. The summed E-state index contributed by atoms with van der Waals surface area (Å²) in [6.45, 7) is 0. The summed E-state index contributed by atoms with van der Waals surface area (Å²) in [5, 5.41) is 22.2. The second kappa shape index (κ2) is 5.18. The number of hydrogen-bond donors (Lipinski definition) is 2. The van der Waals surface area contributed by atoms with Gasteiger partial charge in [-0.15, -0.1) is 0 Å². The molecule has 0 bridgehead atoms. The predicted octanol–water partition coefficient (Wildman–Crippen LogP) is 3.22. The van der Waals surface area contributed by atoms with Crippen molar-refractivity contribution in [1.82, 2.24) is 0 Å². The van der Waals surface area contributed by atoms with Crippen LogP contribution in [0.1, 0.15) is 11.1 Å². The van der Waals surface area contributed by atoms with E-state index in [1.807, 2.05) is 36.4 Å². The fourth-order valence-electron chi connectivity index (χ4n) is 1.57. The van der Waals surface area contributed by atoms with Gasteiger partial charge in [-0.2, -0.15) is 0 Å². The Morgan fingerprint density at radius 2 is 1.76 bits per heavy atom. The molecule has 0 fully saturated rings. The highest BCUT2D eigenvalue weighted by Crippen LogP contribution is 2.23. The number of nitrogens with zero attached hydrogens (tertiary/aromatic N) is 1. The van der Waals surface area contributed by atoms with Gasteiger partial charge in [0.15, 0.2) is 0 Å². The lowest BCUT2D eigenvalue weighted by atomic mass is 10.0. The van der Waals surface area contributed by atoms with Crippen molar-refractivity contribution >= 4 is 28.3 Å². The molecule has 0 saturated heterocycles. The van der Waals surface area contributed by atoms with Gasteiger partial charge in [0.05, 0.1) is 0 Å². The topological polar surface area (TPSA) is 52.8 Å². The Balaban J connectivity index is 2.51. The summed E-state index contributed by atoms with van der Waals surface area (Å²) in [6.07, 6.45) is 0. The molecule has 2 aromatic rings. The van der Waals surface area contributed by atoms with Gasteiger partial charge in [0.1, 0.15) is 11.5 Å². The molecule has 0 radical (unpaired) electrons. The zero-order chi connectivity index (χ0) is 12.3. The lowest BCUT2D eigenvalue weighted by molar-refractivity contribution is 0.319. The van der Waals surface area contributed by atoms with Gasteiger partial charge in [-0.1, -0.05) is 35.5 Å². The Morgan fingerprint density at radius 3 is 2.35 bits per heavy atom. The summed E-state index contributed by atoms with van der Waals surface area (Å²) in [5.74, 6) is 0.105. The van der Waals surface area contributed by atoms with E-state index in [9.17, 15) is 5.11 Å². The molecule has 0 unspecified atom stereocenters. The van der Waals surface area contributed by atoms with Gasteiger partial charge in [-0.25, -0.2) is 0 Å². The van der Waals surface area contributed by atoms with Crippen molar-refractivity contribution in [3.05, 3.63) is 63.2 Å². The van der Waals surface area contributed by atoms with E-state index < -0.39 is 0 Å². The number of phenolic OH excluding ortho intramolecular Hbond substituents is 1. The fourth-order valence-corrected chi connectivity index (χ4v) is 2.04. The van der Waals surface area contributed by atoms with Crippen LogP contribution in [0.3, 0.4) is 0 Å². The molecule has 0 aliphatic carbocycles. The van der Waals surface area contributed by atoms with Gasteiger partial charge in [-0.3, -0.25) is 0 Å². The summed E-state index contributed by atoms with van der Waals surface area (Å²) in [6, 6.07) is 14.5. The number of oxime groups is 1. The molecule has 17 heavy (non-hydrogen) atoms. The quantitative estimate of drug-likeness (QED) is 0.382. The standard InChI is InChI=1S/C13H10INO2/c14-10-6-7-11(12(16)8-10)13(15-17)9-4-2-1-3-5-9/h1-8,16-17H/b15-13-. The summed E-state index contributed by atoms with van der Waals surface area (Å²) < 4.78 is 0.925. The molecule has 4 heteroatoms. The molecule has 0 aliphatic heterocycles. The van der Waals surface area contributed by atoms with Crippen LogP contribution in [0.5, 0.6) is 5.75 Å². The van der Waals surface area contributed by atoms with E-state index in [0.717, 1.165) is 9.13 Å². The predicted molar refractivity (Wildman–Crippen MR) is 74.7 cm³/mol. The maximum absolute atomic E-state index is 9.86. The second-order valence-corrected chi connectivity index (χ2v) is 4.72. The van der Waals surface area contributed by atoms with Gasteiger partial charge >= 0.3 is 0 Å². The zero-order valence-corrected chi connectivity index (χ0v) is 11.0. The molecule has 0 spiro atoms. The van der Waals surface area contributed by atoms with E-state index in [-0.39, 0.29) is 5.75 Å². The Kier molecular flexibility index (Phi) is 3.63. The highest BCUT2D eigenvalue weighted by molar-refractivity contribution is 14.1. The third-order valence-electron chi connectivity index (χ3n) is 2.36. The SMILES string of the molecule is O/N=C(/c1ccccc1)c1ccc(I)cc1O. The number of hydrogen-bond acceptors (Lipinski definition) is 3. The maximum atomic E-state index is 9.86. The van der Waals surface area contributed by atoms with Crippen LogP contribution in [0, 0.1) is 3.57 Å². The third kappa shape index (κ3) is 2.58. The molecule has 0 heterocycles. The molecule has 0 saturated carbocycles. The van der Waals surface area contributed by atoms with Crippen molar-refractivity contribution < 1.29 is 10.3 Å². The van der Waals surface area contributed by atoms with Crippen LogP contribution in [-0.2, 0) is 0 Å². The summed E-state index contributed by atoms with van der Waals surface area (Å²) >= 11 is 2.11. The lowest BCUT2D eigenvalue weighted by Gasteiger charge is -2.07. The largest absolute Gasteiger partial charge is 0.507 e. The molecule has 2 rings (SSSR count). The number of rotatable bonds is 2. The first kappa shape index (κ1) is 11.9. The van der Waals surface area contributed by atoms with E-state index >= 15 is 0 Å². The molecular weight excluding hydrogens is 329 g/mol. The lowest BCUT2D eigenvalue weighted by Crippen LogP contribution is -2.03. The van der Waals surface area contributed by atoms with Crippen molar-refractivity contribution in [3.63, 3.8) is 0 Å². The number of phenols is 1. The van der Waals surface area contributed by atoms with Crippen LogP contribution in [0.4, 0.5) is 0 Å². The Hall–Kier alpha value is -1.56. The molecule has 3 nitrogen and oxygen atoms in total. The Bertz CT molecular complexity index is 553. The van der Waals surface area contributed by atoms with Crippen LogP contribution in [-0.4, -0.2) is 16.0 Å². The van der Waals surface area contributed by atoms with Crippen LogP contribution >= 0.6 is 22.6 Å². The first-order valence-corrected chi connectivity index (χ1v) is 6.06. The van der Waals surface area contributed by atoms with E-state index in [2.05, 4.69) is 27.7 Å². The van der Waals surface area contributed by atoms with Crippen LogP contribution in [0.2, 0.25) is 0 Å². The van der Waals surface area contributed by atoms with E-state index in [4.69, 9.17) is 5.21 Å². The minimum Gasteiger partial charge on any atom is -0.507 e. The van der Waals surface area contributed by atoms with Crippen molar-refractivity contribution in [3.8, 4) is 5.75 Å². The minimum absolute atomic E-state index is 0.105. The van der Waals surface area contributed by atoms with Crippen LogP contribution < -0.4 is 0 Å². The highest BCUT2D eigenvalue weighted by atomic mass is 127. The first-order chi connectivity index (χ1) is 8.22. The van der Waals surface area contributed by atoms with Crippen molar-refractivity contribution in [2.45, 2.75) is 0 Å². The number of benzene rings is 2. The smallest absolute Gasteiger partial charge is 0.126 e. The summed E-state index contributed by atoms with van der Waals surface area (Å²) in [5.41, 5.74) is 1.63. The highest BCUT2D eigenvalue weighted by Gasteiger charge is 2.11. The summed E-state index contributed by atoms with van der Waals surface area (Å²) in [4.78, 5) is 0. The Labute approximate surface area is 113 Å². The summed E-state index contributed by atoms with van der Waals surface area (Å²) in [7, 11) is 0. The number of aromatic hydroxyl groups is 1. The van der Waals surface area contributed by atoms with Crippen LogP contribution in [0.15, 0.2) is 53.7 Å². The van der Waals surface area contributed by atoms with Crippen LogP contribution in [0.25, 0.3) is 0 Å². The molecule has 0 amide bonds. The first-order valence-electron chi connectivity index (χ1n) is 4.98. The monoisotopic (exact) mass is 339 g/mol. The Morgan fingerprint density at radius 1 is 1.06 bits per heavy atom. The van der Waals surface area contributed by atoms with E-state index in [0.29, 0.717) is 11.3 Å². The van der Waals surface area contributed by atoms with Gasteiger partial charge in [0.2, 0.25) is 0 Å².